The minimum Gasteiger partial charge on any atom is -0.306 e. The molecule has 0 unspecified atom stereocenters. The van der Waals surface area contributed by atoms with E-state index in [9.17, 15) is 4.79 Å². The van der Waals surface area contributed by atoms with Gasteiger partial charge < -0.3 is 4.57 Å². The van der Waals surface area contributed by atoms with Gasteiger partial charge in [0.05, 0.1) is 5.52 Å². The van der Waals surface area contributed by atoms with Crippen LogP contribution < -0.4 is 5.56 Å². The Kier molecular flexibility index (Phi) is 2.02. The molecular weight excluding hydrogens is 244 g/mol. The highest BCUT2D eigenvalue weighted by Gasteiger charge is 2.11. The van der Waals surface area contributed by atoms with Crippen LogP contribution in [0.25, 0.3) is 20.4 Å². The lowest BCUT2D eigenvalue weighted by molar-refractivity contribution is 0.898. The van der Waals surface area contributed by atoms with Gasteiger partial charge in [0, 0.05) is 17.1 Å². The van der Waals surface area contributed by atoms with E-state index in [-0.39, 0.29) is 10.7 Å². The Morgan fingerprint density at radius 1 is 1.38 bits per heavy atom. The van der Waals surface area contributed by atoms with E-state index in [1.807, 2.05) is 24.3 Å². The average Bonchev–Trinajstić information content (AvgIpc) is 2.64. The van der Waals surface area contributed by atoms with Crippen molar-refractivity contribution < 1.29 is 0 Å². The first-order valence-electron chi connectivity index (χ1n) is 4.72. The molecule has 0 aliphatic carbocycles. The van der Waals surface area contributed by atoms with Crippen LogP contribution in [0, 0.1) is 0 Å². The molecule has 3 aromatic rings. The van der Waals surface area contributed by atoms with Crippen LogP contribution in [0.4, 0.5) is 0 Å². The molecule has 0 spiro atoms. The molecule has 3 nitrogen and oxygen atoms in total. The molecular formula is C11H7ClN2OS. The molecule has 2 aromatic heterocycles. The lowest BCUT2D eigenvalue weighted by Crippen LogP contribution is -2.18. The first-order chi connectivity index (χ1) is 7.68. The molecule has 0 aliphatic rings. The Hall–Kier alpha value is -1.39. The van der Waals surface area contributed by atoms with Gasteiger partial charge in [-0.2, -0.15) is 0 Å². The molecule has 0 fully saturated rings. The van der Waals surface area contributed by atoms with Crippen LogP contribution in [0.3, 0.4) is 0 Å². The Balaban J connectivity index is 2.67. The fraction of sp³-hybridized carbons (Fsp3) is 0.0909. The smallest absolute Gasteiger partial charge is 0.288 e. The van der Waals surface area contributed by atoms with Gasteiger partial charge in [-0.15, -0.1) is 11.3 Å². The molecule has 0 saturated carbocycles. The standard InChI is InChI=1S/C11H7ClN2OS/c1-14-8-6-4-2-3-5-7(6)16-10(8)13-9(12)11(14)15/h2-5H,1H3. The molecule has 5 heteroatoms. The molecule has 0 radical (unpaired) electrons. The summed E-state index contributed by atoms with van der Waals surface area (Å²) in [5.41, 5.74) is 0.604. The summed E-state index contributed by atoms with van der Waals surface area (Å²) in [7, 11) is 1.72. The Labute approximate surface area is 99.9 Å². The molecule has 0 amide bonds. The number of halogens is 1. The van der Waals surface area contributed by atoms with Crippen molar-refractivity contribution in [3.63, 3.8) is 0 Å². The zero-order valence-corrected chi connectivity index (χ0v) is 9.97. The molecule has 0 aliphatic heterocycles. The minimum absolute atomic E-state index is 0.0292. The van der Waals surface area contributed by atoms with Gasteiger partial charge in [-0.3, -0.25) is 4.79 Å². The number of hydrogen-bond donors (Lipinski definition) is 0. The lowest BCUT2D eigenvalue weighted by atomic mass is 10.2. The van der Waals surface area contributed by atoms with Crippen LogP contribution in [-0.2, 0) is 7.05 Å². The van der Waals surface area contributed by atoms with Gasteiger partial charge in [-0.05, 0) is 6.07 Å². The van der Waals surface area contributed by atoms with Crippen molar-refractivity contribution in [2.75, 3.05) is 0 Å². The summed E-state index contributed by atoms with van der Waals surface area (Å²) < 4.78 is 2.67. The SMILES string of the molecule is Cn1c(=O)c(Cl)nc2sc3ccccc3c21. The molecule has 3 rings (SSSR count). The van der Waals surface area contributed by atoms with Gasteiger partial charge in [0.15, 0.2) is 5.15 Å². The Morgan fingerprint density at radius 3 is 2.94 bits per heavy atom. The number of rotatable bonds is 0. The Bertz CT molecular complexity index is 760. The third kappa shape index (κ3) is 1.20. The summed E-state index contributed by atoms with van der Waals surface area (Å²) in [6, 6.07) is 7.92. The fourth-order valence-electron chi connectivity index (χ4n) is 1.80. The summed E-state index contributed by atoms with van der Waals surface area (Å²) in [6.45, 7) is 0. The third-order valence-corrected chi connectivity index (χ3v) is 3.87. The normalized spacial score (nSPS) is 11.4. The van der Waals surface area contributed by atoms with Crippen LogP contribution in [0.1, 0.15) is 0 Å². The van der Waals surface area contributed by atoms with E-state index in [0.29, 0.717) is 0 Å². The van der Waals surface area contributed by atoms with Gasteiger partial charge in [-0.25, -0.2) is 4.98 Å². The van der Waals surface area contributed by atoms with E-state index in [1.54, 1.807) is 23.0 Å². The van der Waals surface area contributed by atoms with Crippen LogP contribution in [0.5, 0.6) is 0 Å². The zero-order valence-electron chi connectivity index (χ0n) is 8.40. The molecule has 16 heavy (non-hydrogen) atoms. The highest BCUT2D eigenvalue weighted by Crippen LogP contribution is 2.31. The fourth-order valence-corrected chi connectivity index (χ4v) is 3.17. The van der Waals surface area contributed by atoms with Gasteiger partial charge in [0.2, 0.25) is 0 Å². The summed E-state index contributed by atoms with van der Waals surface area (Å²) >= 11 is 7.33. The molecule has 0 N–H and O–H groups in total. The minimum atomic E-state index is -0.252. The molecule has 0 saturated heterocycles. The van der Waals surface area contributed by atoms with Crippen molar-refractivity contribution in [1.29, 1.82) is 0 Å². The van der Waals surface area contributed by atoms with E-state index in [4.69, 9.17) is 11.6 Å². The molecule has 80 valence electrons. The van der Waals surface area contributed by atoms with Gasteiger partial charge in [0.25, 0.3) is 5.56 Å². The number of nitrogens with zero attached hydrogens (tertiary/aromatic N) is 2. The second kappa shape index (κ2) is 3.30. The van der Waals surface area contributed by atoms with Crippen molar-refractivity contribution in [3.05, 3.63) is 39.8 Å². The highest BCUT2D eigenvalue weighted by molar-refractivity contribution is 7.25. The zero-order chi connectivity index (χ0) is 11.3. The van der Waals surface area contributed by atoms with E-state index < -0.39 is 0 Å². The lowest BCUT2D eigenvalue weighted by Gasteiger charge is -2.00. The van der Waals surface area contributed by atoms with Crippen LogP contribution in [0.2, 0.25) is 5.15 Å². The second-order valence-electron chi connectivity index (χ2n) is 3.52. The predicted octanol–water partition coefficient (Wildman–Crippen LogP) is 2.80. The number of benzene rings is 1. The maximum atomic E-state index is 11.7. The third-order valence-electron chi connectivity index (χ3n) is 2.57. The highest BCUT2D eigenvalue weighted by atomic mass is 35.5. The van der Waals surface area contributed by atoms with Crippen molar-refractivity contribution in [1.82, 2.24) is 9.55 Å². The monoisotopic (exact) mass is 250 g/mol. The maximum absolute atomic E-state index is 11.7. The summed E-state index contributed by atoms with van der Waals surface area (Å²) in [6.07, 6.45) is 0. The molecule has 2 heterocycles. The van der Waals surface area contributed by atoms with E-state index in [1.165, 1.54) is 0 Å². The first-order valence-corrected chi connectivity index (χ1v) is 5.91. The number of hydrogen-bond acceptors (Lipinski definition) is 3. The topological polar surface area (TPSA) is 34.9 Å². The maximum Gasteiger partial charge on any atom is 0.288 e. The van der Waals surface area contributed by atoms with E-state index in [2.05, 4.69) is 4.98 Å². The van der Waals surface area contributed by atoms with E-state index >= 15 is 0 Å². The average molecular weight is 251 g/mol. The summed E-state index contributed by atoms with van der Waals surface area (Å²) in [5.74, 6) is 0. The van der Waals surface area contributed by atoms with Crippen molar-refractivity contribution >= 4 is 43.4 Å². The molecule has 0 bridgehead atoms. The van der Waals surface area contributed by atoms with E-state index in [0.717, 1.165) is 20.4 Å². The van der Waals surface area contributed by atoms with Crippen LogP contribution >= 0.6 is 22.9 Å². The number of aromatic nitrogens is 2. The Morgan fingerprint density at radius 2 is 2.12 bits per heavy atom. The largest absolute Gasteiger partial charge is 0.306 e. The predicted molar refractivity (Wildman–Crippen MR) is 67.4 cm³/mol. The van der Waals surface area contributed by atoms with Gasteiger partial charge in [0.1, 0.15) is 4.83 Å². The quantitative estimate of drug-likeness (QED) is 0.615. The van der Waals surface area contributed by atoms with Gasteiger partial charge >= 0.3 is 0 Å². The first kappa shape index (κ1) is 9.81. The van der Waals surface area contributed by atoms with Crippen LogP contribution in [-0.4, -0.2) is 9.55 Å². The van der Waals surface area contributed by atoms with Crippen molar-refractivity contribution in [2.24, 2.45) is 7.05 Å². The number of aryl methyl sites for hydroxylation is 1. The van der Waals surface area contributed by atoms with Crippen LogP contribution in [0.15, 0.2) is 29.1 Å². The number of fused-ring (bicyclic) bond motifs is 3. The molecule has 1 aromatic carbocycles. The summed E-state index contributed by atoms with van der Waals surface area (Å²) in [4.78, 5) is 16.6. The number of thiophene rings is 1. The van der Waals surface area contributed by atoms with Gasteiger partial charge in [-0.1, -0.05) is 29.8 Å². The van der Waals surface area contributed by atoms with Crippen molar-refractivity contribution in [2.45, 2.75) is 0 Å². The summed E-state index contributed by atoms with van der Waals surface area (Å²) in [5, 5.41) is 1.08. The molecule has 0 atom stereocenters. The second-order valence-corrected chi connectivity index (χ2v) is 4.91. The van der Waals surface area contributed by atoms with Crippen molar-refractivity contribution in [3.8, 4) is 0 Å².